The molecule has 1 unspecified atom stereocenters. The highest BCUT2D eigenvalue weighted by Gasteiger charge is 2.29. The summed E-state index contributed by atoms with van der Waals surface area (Å²) in [6.07, 6.45) is 2.00. The number of aliphatic hydroxyl groups excluding tert-OH is 1. The molecule has 4 heteroatoms. The molecule has 0 aliphatic heterocycles. The van der Waals surface area contributed by atoms with E-state index in [1.54, 1.807) is 0 Å². The lowest BCUT2D eigenvalue weighted by Crippen LogP contribution is -2.21. The number of hydrogen-bond donors (Lipinski definition) is 3. The standard InChI is InChI=1S/C13H20N2O2/c1-2-17-12-5-3-4-10(13(12)14)15-8-11(16)9-6-7-9/h3-5,9,11,15-16H,2,6-8,14H2,1H3. The van der Waals surface area contributed by atoms with Crippen molar-refractivity contribution in [2.45, 2.75) is 25.9 Å². The molecule has 0 saturated heterocycles. The fourth-order valence-electron chi connectivity index (χ4n) is 1.84. The molecule has 0 aromatic heterocycles. The molecule has 1 saturated carbocycles. The van der Waals surface area contributed by atoms with E-state index in [1.165, 1.54) is 0 Å². The summed E-state index contributed by atoms with van der Waals surface area (Å²) in [5.41, 5.74) is 7.42. The second-order valence-electron chi connectivity index (χ2n) is 4.44. The third-order valence-corrected chi connectivity index (χ3v) is 3.03. The van der Waals surface area contributed by atoms with E-state index >= 15 is 0 Å². The summed E-state index contributed by atoms with van der Waals surface area (Å²) in [5.74, 6) is 1.16. The average Bonchev–Trinajstić information content (AvgIpc) is 3.14. The molecule has 1 aromatic carbocycles. The van der Waals surface area contributed by atoms with Gasteiger partial charge in [0.2, 0.25) is 0 Å². The Morgan fingerprint density at radius 3 is 2.94 bits per heavy atom. The maximum absolute atomic E-state index is 9.78. The van der Waals surface area contributed by atoms with Crippen LogP contribution in [0.3, 0.4) is 0 Å². The largest absolute Gasteiger partial charge is 0.492 e. The Morgan fingerprint density at radius 1 is 1.53 bits per heavy atom. The SMILES string of the molecule is CCOc1cccc(NCC(O)C2CC2)c1N. The van der Waals surface area contributed by atoms with E-state index < -0.39 is 0 Å². The summed E-state index contributed by atoms with van der Waals surface area (Å²) in [7, 11) is 0. The van der Waals surface area contributed by atoms with Crippen LogP contribution in [0.1, 0.15) is 19.8 Å². The van der Waals surface area contributed by atoms with Gasteiger partial charge in [-0.15, -0.1) is 0 Å². The Hall–Kier alpha value is -1.42. The second-order valence-corrected chi connectivity index (χ2v) is 4.44. The summed E-state index contributed by atoms with van der Waals surface area (Å²) >= 11 is 0. The number of hydrogen-bond acceptors (Lipinski definition) is 4. The highest BCUT2D eigenvalue weighted by Crippen LogP contribution is 2.33. The Balaban J connectivity index is 1.96. The third kappa shape index (κ3) is 3.03. The van der Waals surface area contributed by atoms with Crippen LogP contribution in [-0.4, -0.2) is 24.4 Å². The molecular weight excluding hydrogens is 216 g/mol. The summed E-state index contributed by atoms with van der Waals surface area (Å²) in [6, 6.07) is 5.64. The quantitative estimate of drug-likeness (QED) is 0.659. The van der Waals surface area contributed by atoms with Gasteiger partial charge >= 0.3 is 0 Å². The van der Waals surface area contributed by atoms with Crippen LogP contribution < -0.4 is 15.8 Å². The predicted molar refractivity (Wildman–Crippen MR) is 69.2 cm³/mol. The van der Waals surface area contributed by atoms with Crippen molar-refractivity contribution in [2.75, 3.05) is 24.2 Å². The van der Waals surface area contributed by atoms with Crippen LogP contribution >= 0.6 is 0 Å². The zero-order chi connectivity index (χ0) is 12.3. The van der Waals surface area contributed by atoms with Gasteiger partial charge in [-0.1, -0.05) is 6.07 Å². The molecule has 2 rings (SSSR count). The summed E-state index contributed by atoms with van der Waals surface area (Å²) < 4.78 is 5.42. The Kier molecular flexibility index (Phi) is 3.74. The fourth-order valence-corrected chi connectivity index (χ4v) is 1.84. The van der Waals surface area contributed by atoms with Gasteiger partial charge in [0, 0.05) is 6.54 Å². The van der Waals surface area contributed by atoms with Crippen molar-refractivity contribution in [1.82, 2.24) is 0 Å². The molecule has 0 heterocycles. The van der Waals surface area contributed by atoms with Crippen molar-refractivity contribution in [3.63, 3.8) is 0 Å². The number of para-hydroxylation sites is 1. The van der Waals surface area contributed by atoms with Crippen molar-refractivity contribution in [2.24, 2.45) is 5.92 Å². The number of nitrogen functional groups attached to an aromatic ring is 1. The monoisotopic (exact) mass is 236 g/mol. The average molecular weight is 236 g/mol. The number of benzene rings is 1. The summed E-state index contributed by atoms with van der Waals surface area (Å²) in [4.78, 5) is 0. The number of nitrogens with two attached hydrogens (primary N) is 1. The lowest BCUT2D eigenvalue weighted by atomic mass is 10.2. The maximum Gasteiger partial charge on any atom is 0.144 e. The van der Waals surface area contributed by atoms with Crippen LogP contribution in [0, 0.1) is 5.92 Å². The smallest absolute Gasteiger partial charge is 0.144 e. The number of ether oxygens (including phenoxy) is 1. The molecule has 4 nitrogen and oxygen atoms in total. The van der Waals surface area contributed by atoms with Crippen molar-refractivity contribution < 1.29 is 9.84 Å². The lowest BCUT2D eigenvalue weighted by molar-refractivity contribution is 0.164. The lowest BCUT2D eigenvalue weighted by Gasteiger charge is -2.15. The highest BCUT2D eigenvalue weighted by atomic mass is 16.5. The van der Waals surface area contributed by atoms with E-state index in [0.29, 0.717) is 30.5 Å². The zero-order valence-electron chi connectivity index (χ0n) is 10.1. The van der Waals surface area contributed by atoms with E-state index in [-0.39, 0.29) is 6.10 Å². The normalized spacial score (nSPS) is 16.6. The molecule has 1 atom stereocenters. The van der Waals surface area contributed by atoms with E-state index in [2.05, 4.69) is 5.32 Å². The molecule has 1 aromatic rings. The van der Waals surface area contributed by atoms with Crippen molar-refractivity contribution in [1.29, 1.82) is 0 Å². The Bertz CT molecular complexity index is 378. The first-order valence-corrected chi connectivity index (χ1v) is 6.15. The molecular formula is C13H20N2O2. The highest BCUT2D eigenvalue weighted by molar-refractivity contribution is 5.72. The molecule has 1 fully saturated rings. The minimum Gasteiger partial charge on any atom is -0.492 e. The first kappa shape index (κ1) is 12.0. The molecule has 1 aliphatic carbocycles. The minimum atomic E-state index is -0.273. The summed E-state index contributed by atoms with van der Waals surface area (Å²) in [6.45, 7) is 3.07. The van der Waals surface area contributed by atoms with Crippen LogP contribution in [0.25, 0.3) is 0 Å². The first-order valence-electron chi connectivity index (χ1n) is 6.15. The number of rotatable bonds is 6. The van der Waals surface area contributed by atoms with E-state index in [9.17, 15) is 5.11 Å². The van der Waals surface area contributed by atoms with Gasteiger partial charge in [0.25, 0.3) is 0 Å². The predicted octanol–water partition coefficient (Wildman–Crippen LogP) is 1.85. The van der Waals surface area contributed by atoms with Crippen molar-refractivity contribution >= 4 is 11.4 Å². The second kappa shape index (κ2) is 5.27. The topological polar surface area (TPSA) is 67.5 Å². The van der Waals surface area contributed by atoms with Gasteiger partial charge in [-0.05, 0) is 37.8 Å². The molecule has 0 spiro atoms. The zero-order valence-corrected chi connectivity index (χ0v) is 10.1. The molecule has 0 radical (unpaired) electrons. The molecule has 0 bridgehead atoms. The molecule has 17 heavy (non-hydrogen) atoms. The van der Waals surface area contributed by atoms with Gasteiger partial charge in [-0.25, -0.2) is 0 Å². The molecule has 0 amide bonds. The number of anilines is 2. The first-order chi connectivity index (χ1) is 8.22. The van der Waals surface area contributed by atoms with Gasteiger partial charge < -0.3 is 20.9 Å². The van der Waals surface area contributed by atoms with Crippen LogP contribution in [-0.2, 0) is 0 Å². The van der Waals surface area contributed by atoms with Gasteiger partial charge in [0.15, 0.2) is 0 Å². The summed E-state index contributed by atoms with van der Waals surface area (Å²) in [5, 5.41) is 13.0. The van der Waals surface area contributed by atoms with Crippen LogP contribution in [0.4, 0.5) is 11.4 Å². The van der Waals surface area contributed by atoms with Gasteiger partial charge in [-0.3, -0.25) is 0 Å². The van der Waals surface area contributed by atoms with Gasteiger partial charge in [0.1, 0.15) is 5.75 Å². The fraction of sp³-hybridized carbons (Fsp3) is 0.538. The third-order valence-electron chi connectivity index (χ3n) is 3.03. The van der Waals surface area contributed by atoms with E-state index in [4.69, 9.17) is 10.5 Å². The number of aliphatic hydroxyl groups is 1. The number of nitrogens with one attached hydrogen (secondary N) is 1. The Morgan fingerprint density at radius 2 is 2.29 bits per heavy atom. The van der Waals surface area contributed by atoms with Crippen LogP contribution in [0.2, 0.25) is 0 Å². The maximum atomic E-state index is 9.78. The molecule has 94 valence electrons. The van der Waals surface area contributed by atoms with E-state index in [0.717, 1.165) is 18.5 Å². The van der Waals surface area contributed by atoms with Crippen molar-refractivity contribution in [3.05, 3.63) is 18.2 Å². The van der Waals surface area contributed by atoms with Crippen molar-refractivity contribution in [3.8, 4) is 5.75 Å². The molecule has 1 aliphatic rings. The minimum absolute atomic E-state index is 0.273. The Labute approximate surface area is 102 Å². The van der Waals surface area contributed by atoms with E-state index in [1.807, 2.05) is 25.1 Å². The van der Waals surface area contributed by atoms with Crippen LogP contribution in [0.15, 0.2) is 18.2 Å². The van der Waals surface area contributed by atoms with Crippen LogP contribution in [0.5, 0.6) is 5.75 Å². The molecule has 4 N–H and O–H groups in total. The van der Waals surface area contributed by atoms with Gasteiger partial charge in [-0.2, -0.15) is 0 Å². The van der Waals surface area contributed by atoms with Gasteiger partial charge in [0.05, 0.1) is 24.1 Å².